The molecule has 0 bridgehead atoms. The summed E-state index contributed by atoms with van der Waals surface area (Å²) in [5, 5.41) is 0. The molecular weight excluding hydrogens is 272 g/mol. The molecule has 0 saturated heterocycles. The number of rotatable bonds is 2. The van der Waals surface area contributed by atoms with Crippen molar-refractivity contribution in [1.29, 1.82) is 0 Å². The molecule has 1 aliphatic rings. The first-order valence-corrected chi connectivity index (χ1v) is 7.70. The third-order valence-electron chi connectivity index (χ3n) is 4.41. The highest BCUT2D eigenvalue weighted by atomic mass is 16.5. The van der Waals surface area contributed by atoms with Gasteiger partial charge in [-0.25, -0.2) is 0 Å². The number of methoxy groups -OCH3 is 1. The SMILES string of the molecule is COc1cccc(-c2coc3c2CCCc2ccccc2-3)c1. The Morgan fingerprint density at radius 1 is 0.955 bits per heavy atom. The minimum Gasteiger partial charge on any atom is -0.497 e. The molecule has 2 nitrogen and oxygen atoms in total. The van der Waals surface area contributed by atoms with Crippen LogP contribution in [0.25, 0.3) is 22.5 Å². The van der Waals surface area contributed by atoms with Crippen molar-refractivity contribution in [3.8, 4) is 28.2 Å². The Hall–Kier alpha value is -2.48. The summed E-state index contributed by atoms with van der Waals surface area (Å²) in [6.45, 7) is 0. The zero-order chi connectivity index (χ0) is 14.9. The van der Waals surface area contributed by atoms with E-state index >= 15 is 0 Å². The van der Waals surface area contributed by atoms with Crippen molar-refractivity contribution in [2.45, 2.75) is 19.3 Å². The highest BCUT2D eigenvalue weighted by Gasteiger charge is 2.21. The van der Waals surface area contributed by atoms with Crippen molar-refractivity contribution in [3.05, 3.63) is 65.9 Å². The molecule has 1 heterocycles. The first-order chi connectivity index (χ1) is 10.9. The number of fused-ring (bicyclic) bond motifs is 3. The topological polar surface area (TPSA) is 22.4 Å². The molecular formula is C20H18O2. The molecule has 2 aromatic carbocycles. The molecule has 2 heteroatoms. The summed E-state index contributed by atoms with van der Waals surface area (Å²) in [6.07, 6.45) is 5.20. The van der Waals surface area contributed by atoms with Crippen molar-refractivity contribution in [3.63, 3.8) is 0 Å². The van der Waals surface area contributed by atoms with Crippen LogP contribution in [0.15, 0.2) is 59.2 Å². The van der Waals surface area contributed by atoms with Gasteiger partial charge in [-0.15, -0.1) is 0 Å². The quantitative estimate of drug-likeness (QED) is 0.654. The molecule has 3 aromatic rings. The fourth-order valence-corrected chi connectivity index (χ4v) is 3.30. The number of furan rings is 1. The van der Waals surface area contributed by atoms with Crippen LogP contribution in [0.2, 0.25) is 0 Å². The van der Waals surface area contributed by atoms with E-state index in [1.165, 1.54) is 22.3 Å². The van der Waals surface area contributed by atoms with Gasteiger partial charge in [-0.2, -0.15) is 0 Å². The largest absolute Gasteiger partial charge is 0.497 e. The Morgan fingerprint density at radius 2 is 1.86 bits per heavy atom. The molecule has 0 saturated carbocycles. The highest BCUT2D eigenvalue weighted by molar-refractivity contribution is 5.78. The first-order valence-electron chi connectivity index (χ1n) is 7.70. The molecule has 4 rings (SSSR count). The van der Waals surface area contributed by atoms with Crippen LogP contribution in [0.4, 0.5) is 0 Å². The maximum absolute atomic E-state index is 5.98. The van der Waals surface area contributed by atoms with Gasteiger partial charge in [0.25, 0.3) is 0 Å². The first kappa shape index (κ1) is 13.2. The van der Waals surface area contributed by atoms with Gasteiger partial charge in [0, 0.05) is 16.7 Å². The molecule has 0 atom stereocenters. The van der Waals surface area contributed by atoms with E-state index in [-0.39, 0.29) is 0 Å². The zero-order valence-corrected chi connectivity index (χ0v) is 12.6. The Kier molecular flexibility index (Phi) is 3.23. The molecule has 1 aromatic heterocycles. The van der Waals surface area contributed by atoms with E-state index in [0.29, 0.717) is 0 Å². The molecule has 110 valence electrons. The van der Waals surface area contributed by atoms with Crippen LogP contribution < -0.4 is 4.74 Å². The van der Waals surface area contributed by atoms with Crippen molar-refractivity contribution in [2.75, 3.05) is 7.11 Å². The normalized spacial score (nSPS) is 13.1. The fraction of sp³-hybridized carbons (Fsp3) is 0.200. The molecule has 0 unspecified atom stereocenters. The minimum atomic E-state index is 0.876. The zero-order valence-electron chi connectivity index (χ0n) is 12.6. The Labute approximate surface area is 130 Å². The number of hydrogen-bond donors (Lipinski definition) is 0. The van der Waals surface area contributed by atoms with E-state index < -0.39 is 0 Å². The Bertz CT molecular complexity index is 814. The van der Waals surface area contributed by atoms with E-state index in [2.05, 4.69) is 36.4 Å². The van der Waals surface area contributed by atoms with Crippen LogP contribution in [-0.4, -0.2) is 7.11 Å². The van der Waals surface area contributed by atoms with Gasteiger partial charge in [-0.3, -0.25) is 0 Å². The fourth-order valence-electron chi connectivity index (χ4n) is 3.30. The third kappa shape index (κ3) is 2.12. The number of benzene rings is 2. The monoisotopic (exact) mass is 290 g/mol. The van der Waals surface area contributed by atoms with Crippen LogP contribution in [0.3, 0.4) is 0 Å². The molecule has 22 heavy (non-hydrogen) atoms. The number of aryl methyl sites for hydroxylation is 1. The third-order valence-corrected chi connectivity index (χ3v) is 4.41. The van der Waals surface area contributed by atoms with E-state index in [4.69, 9.17) is 9.15 Å². The summed E-state index contributed by atoms with van der Waals surface area (Å²) < 4.78 is 11.3. The van der Waals surface area contributed by atoms with Crippen molar-refractivity contribution in [2.24, 2.45) is 0 Å². The summed E-state index contributed by atoms with van der Waals surface area (Å²) in [7, 11) is 1.70. The van der Waals surface area contributed by atoms with E-state index in [9.17, 15) is 0 Å². The molecule has 0 amide bonds. The van der Waals surface area contributed by atoms with Crippen molar-refractivity contribution >= 4 is 0 Å². The van der Waals surface area contributed by atoms with Gasteiger partial charge >= 0.3 is 0 Å². The van der Waals surface area contributed by atoms with Crippen LogP contribution >= 0.6 is 0 Å². The van der Waals surface area contributed by atoms with Gasteiger partial charge in [0.2, 0.25) is 0 Å². The summed E-state index contributed by atoms with van der Waals surface area (Å²) in [5.41, 5.74) is 6.28. The van der Waals surface area contributed by atoms with E-state index in [1.54, 1.807) is 7.11 Å². The summed E-state index contributed by atoms with van der Waals surface area (Å²) in [5.74, 6) is 1.91. The average Bonchev–Trinajstić information content (AvgIpc) is 2.90. The average molecular weight is 290 g/mol. The highest BCUT2D eigenvalue weighted by Crippen LogP contribution is 2.39. The van der Waals surface area contributed by atoms with Crippen LogP contribution in [0, 0.1) is 0 Å². The van der Waals surface area contributed by atoms with Gasteiger partial charge in [0.15, 0.2) is 0 Å². The van der Waals surface area contributed by atoms with Gasteiger partial charge in [-0.1, -0.05) is 36.4 Å². The second kappa shape index (κ2) is 5.38. The van der Waals surface area contributed by atoms with Crippen molar-refractivity contribution in [1.82, 2.24) is 0 Å². The maximum atomic E-state index is 5.98. The summed E-state index contributed by atoms with van der Waals surface area (Å²) >= 11 is 0. The molecule has 0 aliphatic heterocycles. The predicted octanol–water partition coefficient (Wildman–Crippen LogP) is 5.11. The smallest absolute Gasteiger partial charge is 0.137 e. The summed E-state index contributed by atoms with van der Waals surface area (Å²) in [6, 6.07) is 16.7. The molecule has 0 N–H and O–H groups in total. The van der Waals surface area contributed by atoms with Gasteiger partial charge < -0.3 is 9.15 Å². The van der Waals surface area contributed by atoms with Crippen LogP contribution in [0.1, 0.15) is 17.5 Å². The summed E-state index contributed by atoms with van der Waals surface area (Å²) in [4.78, 5) is 0. The molecule has 0 spiro atoms. The standard InChI is InChI=1S/C20H18O2/c1-21-16-9-4-8-15(12-16)19-13-22-20-17-10-3-2-6-14(17)7-5-11-18(19)20/h2-4,6,8-10,12-13H,5,7,11H2,1H3. The molecule has 0 fully saturated rings. The van der Waals surface area contributed by atoms with Gasteiger partial charge in [0.05, 0.1) is 13.4 Å². The van der Waals surface area contributed by atoms with Crippen LogP contribution in [-0.2, 0) is 12.8 Å². The second-order valence-corrected chi connectivity index (χ2v) is 5.70. The Balaban J connectivity index is 1.87. The van der Waals surface area contributed by atoms with Crippen LogP contribution in [0.5, 0.6) is 5.75 Å². The lowest BCUT2D eigenvalue weighted by molar-refractivity contribution is 0.415. The molecule has 0 radical (unpaired) electrons. The van der Waals surface area contributed by atoms with Gasteiger partial charge in [-0.05, 0) is 42.5 Å². The lowest BCUT2D eigenvalue weighted by Gasteiger charge is -2.05. The predicted molar refractivity (Wildman–Crippen MR) is 88.2 cm³/mol. The lowest BCUT2D eigenvalue weighted by Crippen LogP contribution is -1.88. The maximum Gasteiger partial charge on any atom is 0.137 e. The lowest BCUT2D eigenvalue weighted by atomic mass is 9.98. The van der Waals surface area contributed by atoms with Crippen molar-refractivity contribution < 1.29 is 9.15 Å². The van der Waals surface area contributed by atoms with E-state index in [0.717, 1.165) is 36.3 Å². The minimum absolute atomic E-state index is 0.876. The number of hydrogen-bond acceptors (Lipinski definition) is 2. The second-order valence-electron chi connectivity index (χ2n) is 5.70. The Morgan fingerprint density at radius 3 is 2.77 bits per heavy atom. The van der Waals surface area contributed by atoms with Gasteiger partial charge in [0.1, 0.15) is 11.5 Å². The molecule has 1 aliphatic carbocycles. The number of ether oxygens (including phenoxy) is 1. The van der Waals surface area contributed by atoms with E-state index in [1.807, 2.05) is 18.4 Å².